The number of piperidine rings is 1. The molecule has 1 aliphatic heterocycles. The van der Waals surface area contributed by atoms with Gasteiger partial charge in [0.1, 0.15) is 17.4 Å². The summed E-state index contributed by atoms with van der Waals surface area (Å²) < 4.78 is 0. The molecule has 1 aromatic carbocycles. The highest BCUT2D eigenvalue weighted by molar-refractivity contribution is 6.08. The number of benzene rings is 1. The average molecular weight is 294 g/mol. The first-order chi connectivity index (χ1) is 10.6. The number of nitrogens with one attached hydrogen (secondary N) is 1. The Morgan fingerprint density at radius 1 is 1.14 bits per heavy atom. The molecule has 1 saturated heterocycles. The average Bonchev–Trinajstić information content (AvgIpc) is 2.83. The van der Waals surface area contributed by atoms with Crippen molar-refractivity contribution in [2.75, 3.05) is 18.0 Å². The van der Waals surface area contributed by atoms with Crippen molar-refractivity contribution < 1.29 is 0 Å². The van der Waals surface area contributed by atoms with Crippen molar-refractivity contribution in [1.29, 1.82) is 0 Å². The summed E-state index contributed by atoms with van der Waals surface area (Å²) in [6.45, 7) is 8.92. The number of nitrogens with zero attached hydrogens (tertiary/aromatic N) is 3. The van der Waals surface area contributed by atoms with Gasteiger partial charge in [-0.15, -0.1) is 0 Å². The normalized spacial score (nSPS) is 22.6. The Bertz CT molecular complexity index is 826. The van der Waals surface area contributed by atoms with Gasteiger partial charge in [0, 0.05) is 24.0 Å². The lowest BCUT2D eigenvalue weighted by molar-refractivity contribution is 0.356. The van der Waals surface area contributed by atoms with Crippen molar-refractivity contribution in [3.8, 4) is 0 Å². The number of hydrogen-bond donors (Lipinski definition) is 1. The molecule has 3 heterocycles. The van der Waals surface area contributed by atoms with Crippen LogP contribution in [0.25, 0.3) is 21.9 Å². The van der Waals surface area contributed by atoms with Gasteiger partial charge in [-0.25, -0.2) is 9.97 Å². The highest BCUT2D eigenvalue weighted by Gasteiger charge is 2.25. The van der Waals surface area contributed by atoms with Crippen LogP contribution < -0.4 is 4.90 Å². The molecule has 4 nitrogen and oxygen atoms in total. The molecular weight excluding hydrogens is 272 g/mol. The highest BCUT2D eigenvalue weighted by Crippen LogP contribution is 2.32. The molecule has 0 aliphatic carbocycles. The van der Waals surface area contributed by atoms with E-state index in [0.29, 0.717) is 11.8 Å². The summed E-state index contributed by atoms with van der Waals surface area (Å²) in [5.74, 6) is 2.47. The van der Waals surface area contributed by atoms with Crippen LogP contribution in [0.5, 0.6) is 0 Å². The molecule has 4 heteroatoms. The van der Waals surface area contributed by atoms with Crippen LogP contribution in [0.3, 0.4) is 0 Å². The SMILES string of the molecule is Cc1ccc2c(c1)[nH]c1c(N3C[C@@H](C)C[C@H](C)C3)ncnc12. The number of hydrogen-bond acceptors (Lipinski definition) is 3. The highest BCUT2D eigenvalue weighted by atomic mass is 15.2. The standard InChI is InChI=1S/C18H22N4/c1-11-4-5-14-15(7-11)21-17-16(14)19-10-20-18(17)22-8-12(2)6-13(3)9-22/h4-5,7,10,12-13,21H,6,8-9H2,1-3H3/t12-,13-/m0/s1. The van der Waals surface area contributed by atoms with Crippen molar-refractivity contribution in [1.82, 2.24) is 15.0 Å². The lowest BCUT2D eigenvalue weighted by Gasteiger charge is -2.35. The lowest BCUT2D eigenvalue weighted by atomic mass is 9.92. The fourth-order valence-corrected chi connectivity index (χ4v) is 3.87. The Kier molecular flexibility index (Phi) is 3.06. The number of aryl methyl sites for hydroxylation is 1. The largest absolute Gasteiger partial charge is 0.354 e. The molecule has 1 aliphatic rings. The van der Waals surface area contributed by atoms with E-state index in [9.17, 15) is 0 Å². The molecule has 2 atom stereocenters. The second-order valence-corrected chi connectivity index (χ2v) is 6.95. The third kappa shape index (κ3) is 2.14. The molecule has 0 spiro atoms. The monoisotopic (exact) mass is 294 g/mol. The van der Waals surface area contributed by atoms with Crippen molar-refractivity contribution in [2.45, 2.75) is 27.2 Å². The fraction of sp³-hybridized carbons (Fsp3) is 0.444. The van der Waals surface area contributed by atoms with Gasteiger partial charge in [-0.05, 0) is 36.8 Å². The van der Waals surface area contributed by atoms with E-state index in [1.165, 1.54) is 17.4 Å². The Morgan fingerprint density at radius 2 is 1.91 bits per heavy atom. The van der Waals surface area contributed by atoms with Gasteiger partial charge in [-0.1, -0.05) is 26.0 Å². The molecule has 0 amide bonds. The summed E-state index contributed by atoms with van der Waals surface area (Å²) in [7, 11) is 0. The number of rotatable bonds is 1. The van der Waals surface area contributed by atoms with E-state index in [-0.39, 0.29) is 0 Å². The second kappa shape index (κ2) is 4.97. The van der Waals surface area contributed by atoms with Gasteiger partial charge in [-0.2, -0.15) is 0 Å². The molecule has 3 aromatic rings. The molecule has 0 unspecified atom stereocenters. The Labute approximate surface area is 130 Å². The first kappa shape index (κ1) is 13.6. The third-order valence-corrected chi connectivity index (χ3v) is 4.69. The van der Waals surface area contributed by atoms with E-state index in [1.54, 1.807) is 6.33 Å². The number of aromatic amines is 1. The summed E-state index contributed by atoms with van der Waals surface area (Å²) in [5, 5.41) is 1.18. The van der Waals surface area contributed by atoms with E-state index < -0.39 is 0 Å². The van der Waals surface area contributed by atoms with Crippen LogP contribution in [0.15, 0.2) is 24.5 Å². The first-order valence-electron chi connectivity index (χ1n) is 8.10. The van der Waals surface area contributed by atoms with Crippen LogP contribution in [0, 0.1) is 18.8 Å². The van der Waals surface area contributed by atoms with E-state index in [0.717, 1.165) is 35.5 Å². The summed E-state index contributed by atoms with van der Waals surface area (Å²) in [4.78, 5) is 15.1. The van der Waals surface area contributed by atoms with Crippen LogP contribution in [0.1, 0.15) is 25.8 Å². The molecule has 0 saturated carbocycles. The second-order valence-electron chi connectivity index (χ2n) is 6.95. The van der Waals surface area contributed by atoms with Crippen molar-refractivity contribution in [3.05, 3.63) is 30.1 Å². The zero-order valence-corrected chi connectivity index (χ0v) is 13.4. The molecule has 4 rings (SSSR count). The zero-order valence-electron chi connectivity index (χ0n) is 13.4. The van der Waals surface area contributed by atoms with Crippen molar-refractivity contribution >= 4 is 27.8 Å². The Balaban J connectivity index is 1.89. The lowest BCUT2D eigenvalue weighted by Crippen LogP contribution is -2.39. The van der Waals surface area contributed by atoms with Gasteiger partial charge in [0.25, 0.3) is 0 Å². The van der Waals surface area contributed by atoms with Crippen molar-refractivity contribution in [2.24, 2.45) is 11.8 Å². The van der Waals surface area contributed by atoms with E-state index in [2.05, 4.69) is 58.8 Å². The van der Waals surface area contributed by atoms with Crippen LogP contribution in [0.2, 0.25) is 0 Å². The van der Waals surface area contributed by atoms with Gasteiger partial charge in [-0.3, -0.25) is 0 Å². The van der Waals surface area contributed by atoms with Gasteiger partial charge in [0.05, 0.1) is 0 Å². The van der Waals surface area contributed by atoms with E-state index in [1.807, 2.05) is 0 Å². The first-order valence-corrected chi connectivity index (χ1v) is 8.10. The van der Waals surface area contributed by atoms with Gasteiger partial charge in [0.15, 0.2) is 5.82 Å². The maximum Gasteiger partial charge on any atom is 0.156 e. The van der Waals surface area contributed by atoms with E-state index in [4.69, 9.17) is 0 Å². The minimum absolute atomic E-state index is 0.709. The molecule has 0 bridgehead atoms. The quantitative estimate of drug-likeness (QED) is 0.740. The predicted octanol–water partition coefficient (Wildman–Crippen LogP) is 3.90. The third-order valence-electron chi connectivity index (χ3n) is 4.69. The minimum atomic E-state index is 0.709. The molecular formula is C18H22N4. The Morgan fingerprint density at radius 3 is 2.68 bits per heavy atom. The molecule has 22 heavy (non-hydrogen) atoms. The van der Waals surface area contributed by atoms with Crippen LogP contribution in [-0.4, -0.2) is 28.0 Å². The minimum Gasteiger partial charge on any atom is -0.354 e. The summed E-state index contributed by atoms with van der Waals surface area (Å²) in [6.07, 6.45) is 3.01. The number of H-pyrrole nitrogens is 1. The maximum atomic E-state index is 4.60. The summed E-state index contributed by atoms with van der Waals surface area (Å²) in [6, 6.07) is 6.48. The molecule has 2 aromatic heterocycles. The maximum absolute atomic E-state index is 4.60. The van der Waals surface area contributed by atoms with E-state index >= 15 is 0 Å². The molecule has 0 radical (unpaired) electrons. The smallest absolute Gasteiger partial charge is 0.156 e. The van der Waals surface area contributed by atoms with Crippen molar-refractivity contribution in [3.63, 3.8) is 0 Å². The molecule has 114 valence electrons. The van der Waals surface area contributed by atoms with Gasteiger partial charge >= 0.3 is 0 Å². The molecule has 1 fully saturated rings. The number of anilines is 1. The van der Waals surface area contributed by atoms with Gasteiger partial charge in [0.2, 0.25) is 0 Å². The molecule has 1 N–H and O–H groups in total. The topological polar surface area (TPSA) is 44.8 Å². The van der Waals surface area contributed by atoms with Crippen LogP contribution in [-0.2, 0) is 0 Å². The van der Waals surface area contributed by atoms with Gasteiger partial charge < -0.3 is 9.88 Å². The Hall–Kier alpha value is -2.10. The summed E-state index contributed by atoms with van der Waals surface area (Å²) >= 11 is 0. The number of aromatic nitrogens is 3. The predicted molar refractivity (Wildman–Crippen MR) is 91.3 cm³/mol. The van der Waals surface area contributed by atoms with Crippen LogP contribution in [0.4, 0.5) is 5.82 Å². The fourth-order valence-electron chi connectivity index (χ4n) is 3.87. The summed E-state index contributed by atoms with van der Waals surface area (Å²) in [5.41, 5.74) is 4.51. The van der Waals surface area contributed by atoms with Crippen LogP contribution >= 0.6 is 0 Å². The number of fused-ring (bicyclic) bond motifs is 3. The zero-order chi connectivity index (χ0) is 15.3.